The fourth-order valence-electron chi connectivity index (χ4n) is 2.85. The first kappa shape index (κ1) is 12.8. The molecule has 2 saturated heterocycles. The quantitative estimate of drug-likeness (QED) is 0.800. The van der Waals surface area contributed by atoms with Gasteiger partial charge in [0.15, 0.2) is 0 Å². The molecule has 2 fully saturated rings. The Hall–Kier alpha value is -0.610. The van der Waals surface area contributed by atoms with Crippen LogP contribution in [-0.4, -0.2) is 49.7 Å². The van der Waals surface area contributed by atoms with E-state index in [-0.39, 0.29) is 17.9 Å². The number of nitrogens with zero attached hydrogens (tertiary/aromatic N) is 1. The first-order valence-electron chi connectivity index (χ1n) is 6.78. The van der Waals surface area contributed by atoms with Gasteiger partial charge in [-0.05, 0) is 39.2 Å². The molecule has 0 aromatic rings. The van der Waals surface area contributed by atoms with Crippen molar-refractivity contribution in [3.05, 3.63) is 0 Å². The third kappa shape index (κ3) is 3.19. The number of piperidine rings is 1. The Bertz CT molecular complexity index is 264. The molecule has 0 aromatic carbocycles. The number of ether oxygens (including phenoxy) is 1. The molecule has 2 rings (SSSR count). The van der Waals surface area contributed by atoms with E-state index < -0.39 is 0 Å². The van der Waals surface area contributed by atoms with Gasteiger partial charge in [0, 0.05) is 26.2 Å². The van der Waals surface area contributed by atoms with Crippen LogP contribution in [0.5, 0.6) is 0 Å². The van der Waals surface area contributed by atoms with Gasteiger partial charge in [0.1, 0.15) is 0 Å². The second-order valence-corrected chi connectivity index (χ2v) is 5.35. The Balaban J connectivity index is 1.84. The Morgan fingerprint density at radius 3 is 2.88 bits per heavy atom. The van der Waals surface area contributed by atoms with Gasteiger partial charge in [-0.1, -0.05) is 0 Å². The minimum atomic E-state index is 0.148. The van der Waals surface area contributed by atoms with E-state index in [9.17, 15) is 4.79 Å². The van der Waals surface area contributed by atoms with Crippen molar-refractivity contribution in [3.63, 3.8) is 0 Å². The summed E-state index contributed by atoms with van der Waals surface area (Å²) in [6, 6.07) is 0.309. The monoisotopic (exact) mass is 240 g/mol. The van der Waals surface area contributed by atoms with E-state index in [0.29, 0.717) is 6.04 Å². The van der Waals surface area contributed by atoms with E-state index in [4.69, 9.17) is 4.74 Å². The number of amides is 1. The molecule has 2 aliphatic rings. The fraction of sp³-hybridized carbons (Fsp3) is 0.923. The van der Waals surface area contributed by atoms with E-state index in [0.717, 1.165) is 45.4 Å². The highest BCUT2D eigenvalue weighted by Gasteiger charge is 2.30. The van der Waals surface area contributed by atoms with Gasteiger partial charge in [0.2, 0.25) is 5.91 Å². The van der Waals surface area contributed by atoms with Crippen LogP contribution in [0.2, 0.25) is 0 Å². The number of hydrogen-bond donors (Lipinski definition) is 1. The lowest BCUT2D eigenvalue weighted by molar-refractivity contribution is -0.137. The Morgan fingerprint density at radius 2 is 2.24 bits per heavy atom. The van der Waals surface area contributed by atoms with Crippen LogP contribution in [0.4, 0.5) is 0 Å². The summed E-state index contributed by atoms with van der Waals surface area (Å²) in [4.78, 5) is 14.2. The summed E-state index contributed by atoms with van der Waals surface area (Å²) >= 11 is 0. The first-order valence-corrected chi connectivity index (χ1v) is 6.78. The molecule has 98 valence electrons. The molecular weight excluding hydrogens is 216 g/mol. The summed E-state index contributed by atoms with van der Waals surface area (Å²) in [6.07, 6.45) is 4.61. The first-order chi connectivity index (χ1) is 8.18. The van der Waals surface area contributed by atoms with Crippen molar-refractivity contribution in [3.8, 4) is 0 Å². The third-order valence-corrected chi connectivity index (χ3v) is 3.96. The van der Waals surface area contributed by atoms with Gasteiger partial charge in [-0.2, -0.15) is 0 Å². The van der Waals surface area contributed by atoms with Crippen LogP contribution in [0.1, 0.15) is 32.6 Å². The average molecular weight is 240 g/mol. The molecule has 0 bridgehead atoms. The van der Waals surface area contributed by atoms with Crippen LogP contribution in [-0.2, 0) is 9.53 Å². The molecule has 2 heterocycles. The maximum absolute atomic E-state index is 12.3. The molecular formula is C13H24N2O2. The number of carbonyl (C=O) groups excluding carboxylic acids is 1. The maximum atomic E-state index is 12.3. The van der Waals surface area contributed by atoms with Crippen LogP contribution in [0, 0.1) is 5.92 Å². The number of rotatable bonds is 3. The highest BCUT2D eigenvalue weighted by molar-refractivity contribution is 5.79. The minimum Gasteiger partial charge on any atom is -0.376 e. The van der Waals surface area contributed by atoms with E-state index in [1.807, 2.05) is 11.9 Å². The molecule has 1 N–H and O–H groups in total. The number of hydrogen-bond acceptors (Lipinski definition) is 3. The smallest absolute Gasteiger partial charge is 0.227 e. The van der Waals surface area contributed by atoms with Crippen molar-refractivity contribution in [2.75, 3.05) is 26.7 Å². The van der Waals surface area contributed by atoms with Crippen molar-refractivity contribution < 1.29 is 9.53 Å². The standard InChI is InChI=1S/C13H24N2O2/c1-10-12(6-3-7-14-10)13(16)15(2)9-11-5-4-8-17-11/h10-12,14H,3-9H2,1-2H3. The van der Waals surface area contributed by atoms with Crippen LogP contribution < -0.4 is 5.32 Å². The number of carbonyl (C=O) groups is 1. The lowest BCUT2D eigenvalue weighted by Gasteiger charge is -2.32. The van der Waals surface area contributed by atoms with Gasteiger partial charge in [-0.15, -0.1) is 0 Å². The lowest BCUT2D eigenvalue weighted by atomic mass is 9.90. The predicted molar refractivity (Wildman–Crippen MR) is 66.8 cm³/mol. The molecule has 0 radical (unpaired) electrons. The molecule has 4 nitrogen and oxygen atoms in total. The average Bonchev–Trinajstić information content (AvgIpc) is 2.81. The second kappa shape index (κ2) is 5.83. The minimum absolute atomic E-state index is 0.148. The molecule has 3 atom stereocenters. The molecule has 0 aliphatic carbocycles. The summed E-state index contributed by atoms with van der Waals surface area (Å²) in [5.74, 6) is 0.426. The fourth-order valence-corrected chi connectivity index (χ4v) is 2.85. The van der Waals surface area contributed by atoms with Crippen LogP contribution >= 0.6 is 0 Å². The van der Waals surface area contributed by atoms with Gasteiger partial charge < -0.3 is 15.0 Å². The maximum Gasteiger partial charge on any atom is 0.227 e. The summed E-state index contributed by atoms with van der Waals surface area (Å²) in [5.41, 5.74) is 0. The summed E-state index contributed by atoms with van der Waals surface area (Å²) < 4.78 is 5.58. The molecule has 17 heavy (non-hydrogen) atoms. The molecule has 2 aliphatic heterocycles. The zero-order valence-corrected chi connectivity index (χ0v) is 10.9. The van der Waals surface area contributed by atoms with Crippen LogP contribution in [0.25, 0.3) is 0 Å². The van der Waals surface area contributed by atoms with E-state index in [2.05, 4.69) is 12.2 Å². The Labute approximate surface area is 104 Å². The van der Waals surface area contributed by atoms with Crippen LogP contribution in [0.3, 0.4) is 0 Å². The van der Waals surface area contributed by atoms with Crippen LogP contribution in [0.15, 0.2) is 0 Å². The van der Waals surface area contributed by atoms with Crippen molar-refractivity contribution in [2.24, 2.45) is 5.92 Å². The van der Waals surface area contributed by atoms with Gasteiger partial charge in [0.25, 0.3) is 0 Å². The lowest BCUT2D eigenvalue weighted by Crippen LogP contribution is -2.48. The zero-order chi connectivity index (χ0) is 12.3. The summed E-state index contributed by atoms with van der Waals surface area (Å²) in [5, 5.41) is 3.38. The Morgan fingerprint density at radius 1 is 1.41 bits per heavy atom. The molecule has 0 aromatic heterocycles. The SMILES string of the molecule is CC1NCCCC1C(=O)N(C)CC1CCCO1. The van der Waals surface area contributed by atoms with Gasteiger partial charge >= 0.3 is 0 Å². The molecule has 1 amide bonds. The topological polar surface area (TPSA) is 41.6 Å². The van der Waals surface area contributed by atoms with Crippen molar-refractivity contribution in [1.82, 2.24) is 10.2 Å². The third-order valence-electron chi connectivity index (χ3n) is 3.96. The van der Waals surface area contributed by atoms with Crippen molar-refractivity contribution in [1.29, 1.82) is 0 Å². The number of likely N-dealkylation sites (N-methyl/N-ethyl adjacent to an activating group) is 1. The van der Waals surface area contributed by atoms with E-state index in [1.54, 1.807) is 0 Å². The predicted octanol–water partition coefficient (Wildman–Crippen LogP) is 1.01. The highest BCUT2D eigenvalue weighted by atomic mass is 16.5. The van der Waals surface area contributed by atoms with Gasteiger partial charge in [-0.3, -0.25) is 4.79 Å². The van der Waals surface area contributed by atoms with Crippen molar-refractivity contribution in [2.45, 2.75) is 44.8 Å². The summed E-state index contributed by atoms with van der Waals surface area (Å²) in [7, 11) is 1.91. The van der Waals surface area contributed by atoms with E-state index in [1.165, 1.54) is 0 Å². The highest BCUT2D eigenvalue weighted by Crippen LogP contribution is 2.20. The largest absolute Gasteiger partial charge is 0.376 e. The summed E-state index contributed by atoms with van der Waals surface area (Å²) in [6.45, 7) is 4.76. The Kier molecular flexibility index (Phi) is 4.40. The van der Waals surface area contributed by atoms with E-state index >= 15 is 0 Å². The number of nitrogens with one attached hydrogen (secondary N) is 1. The van der Waals surface area contributed by atoms with Gasteiger partial charge in [0.05, 0.1) is 12.0 Å². The normalized spacial score (nSPS) is 33.6. The zero-order valence-electron chi connectivity index (χ0n) is 10.9. The second-order valence-electron chi connectivity index (χ2n) is 5.35. The van der Waals surface area contributed by atoms with Gasteiger partial charge in [-0.25, -0.2) is 0 Å². The molecule has 0 saturated carbocycles. The molecule has 4 heteroatoms. The molecule has 0 spiro atoms. The molecule has 3 unspecified atom stereocenters. The van der Waals surface area contributed by atoms with Crippen molar-refractivity contribution >= 4 is 5.91 Å².